The number of aliphatic carboxylic acids is 1. The van der Waals surface area contributed by atoms with Gasteiger partial charge in [-0.3, -0.25) is 0 Å². The summed E-state index contributed by atoms with van der Waals surface area (Å²) in [5.74, 6) is -0.979. The summed E-state index contributed by atoms with van der Waals surface area (Å²) in [5.41, 5.74) is -1.17. The second-order valence-corrected chi connectivity index (χ2v) is 4.85. The fraction of sp³-hybridized carbons (Fsp3) is 0.846. The Hall–Kier alpha value is -1.30. The van der Waals surface area contributed by atoms with Crippen molar-refractivity contribution in [1.29, 1.82) is 0 Å². The number of amides is 2. The van der Waals surface area contributed by atoms with Gasteiger partial charge >= 0.3 is 12.0 Å². The average Bonchev–Trinajstić information content (AvgIpc) is 2.44. The van der Waals surface area contributed by atoms with Gasteiger partial charge in [-0.2, -0.15) is 0 Å². The third-order valence-electron chi connectivity index (χ3n) is 3.92. The first kappa shape index (κ1) is 15.8. The number of nitrogens with zero attached hydrogens (tertiary/aromatic N) is 1. The van der Waals surface area contributed by atoms with E-state index in [2.05, 4.69) is 5.32 Å². The Kier molecular flexibility index (Phi) is 5.60. The summed E-state index contributed by atoms with van der Waals surface area (Å²) < 4.78 is 5.35. The van der Waals surface area contributed by atoms with Crippen LogP contribution in [0.4, 0.5) is 4.79 Å². The Morgan fingerprint density at radius 2 is 2.00 bits per heavy atom. The molecule has 0 bridgehead atoms. The highest BCUT2D eigenvalue weighted by atomic mass is 16.5. The molecule has 0 aromatic rings. The van der Waals surface area contributed by atoms with Crippen LogP contribution in [0.25, 0.3) is 0 Å². The fourth-order valence-corrected chi connectivity index (χ4v) is 2.32. The summed E-state index contributed by atoms with van der Waals surface area (Å²) in [6.45, 7) is 7.06. The molecule has 110 valence electrons. The number of urea groups is 1. The zero-order valence-electron chi connectivity index (χ0n) is 11.9. The number of morpholine rings is 1. The Balaban J connectivity index is 2.78. The maximum absolute atomic E-state index is 12.3. The molecule has 1 atom stereocenters. The van der Waals surface area contributed by atoms with E-state index < -0.39 is 11.5 Å². The van der Waals surface area contributed by atoms with Crippen molar-refractivity contribution in [3.05, 3.63) is 0 Å². The molecule has 19 heavy (non-hydrogen) atoms. The van der Waals surface area contributed by atoms with Crippen LogP contribution in [0, 0.1) is 0 Å². The van der Waals surface area contributed by atoms with Gasteiger partial charge in [0.2, 0.25) is 0 Å². The number of nitrogens with one attached hydrogen (secondary N) is 1. The van der Waals surface area contributed by atoms with E-state index in [0.717, 1.165) is 6.42 Å². The second-order valence-electron chi connectivity index (χ2n) is 4.85. The van der Waals surface area contributed by atoms with E-state index in [4.69, 9.17) is 4.74 Å². The zero-order valence-corrected chi connectivity index (χ0v) is 11.9. The molecule has 0 aliphatic carbocycles. The van der Waals surface area contributed by atoms with Gasteiger partial charge in [0.25, 0.3) is 0 Å². The quantitative estimate of drug-likeness (QED) is 0.794. The molecule has 0 saturated carbocycles. The van der Waals surface area contributed by atoms with Crippen LogP contribution >= 0.6 is 0 Å². The van der Waals surface area contributed by atoms with E-state index in [9.17, 15) is 14.7 Å². The van der Waals surface area contributed by atoms with Crippen molar-refractivity contribution in [1.82, 2.24) is 10.2 Å². The number of hydrogen-bond donors (Lipinski definition) is 2. The molecule has 1 aliphatic heterocycles. The lowest BCUT2D eigenvalue weighted by atomic mass is 9.93. The van der Waals surface area contributed by atoms with Crippen molar-refractivity contribution in [2.75, 3.05) is 19.8 Å². The molecule has 0 aromatic heterocycles. The number of hydrogen-bond acceptors (Lipinski definition) is 3. The molecule has 0 radical (unpaired) electrons. The van der Waals surface area contributed by atoms with E-state index >= 15 is 0 Å². The van der Waals surface area contributed by atoms with Gasteiger partial charge in [0.15, 0.2) is 0 Å². The zero-order chi connectivity index (χ0) is 14.5. The van der Waals surface area contributed by atoms with Crippen LogP contribution in [0.15, 0.2) is 0 Å². The number of rotatable bonds is 5. The maximum atomic E-state index is 12.3. The minimum atomic E-state index is -1.17. The number of carbonyl (C=O) groups excluding carboxylic acids is 1. The monoisotopic (exact) mass is 272 g/mol. The summed E-state index contributed by atoms with van der Waals surface area (Å²) in [6, 6.07) is -0.282. The van der Waals surface area contributed by atoms with Crippen LogP contribution in [0.2, 0.25) is 0 Å². The summed E-state index contributed by atoms with van der Waals surface area (Å²) in [7, 11) is 0. The van der Waals surface area contributed by atoms with Crippen molar-refractivity contribution in [3.63, 3.8) is 0 Å². The van der Waals surface area contributed by atoms with Crippen LogP contribution in [-0.4, -0.2) is 53.3 Å². The SMILES string of the molecule is CCC1COCCN1C(=O)NC(CC)(CC)C(=O)O. The lowest BCUT2D eigenvalue weighted by Gasteiger charge is -2.38. The Morgan fingerprint density at radius 3 is 2.47 bits per heavy atom. The first-order valence-electron chi connectivity index (χ1n) is 6.90. The Morgan fingerprint density at radius 1 is 1.37 bits per heavy atom. The predicted octanol–water partition coefficient (Wildman–Crippen LogP) is 1.45. The van der Waals surface area contributed by atoms with Crippen LogP contribution in [0.5, 0.6) is 0 Å². The van der Waals surface area contributed by atoms with Crippen molar-refractivity contribution in [3.8, 4) is 0 Å². The van der Waals surface area contributed by atoms with Crippen molar-refractivity contribution in [2.45, 2.75) is 51.6 Å². The van der Waals surface area contributed by atoms with E-state index in [-0.39, 0.29) is 12.1 Å². The summed E-state index contributed by atoms with van der Waals surface area (Å²) in [4.78, 5) is 25.4. The summed E-state index contributed by atoms with van der Waals surface area (Å²) in [6.07, 6.45) is 1.53. The normalized spacial score (nSPS) is 20.2. The van der Waals surface area contributed by atoms with E-state index in [1.54, 1.807) is 18.7 Å². The molecule has 1 heterocycles. The second kappa shape index (κ2) is 6.75. The number of ether oxygens (including phenoxy) is 1. The highest BCUT2D eigenvalue weighted by molar-refractivity contribution is 5.86. The molecule has 2 N–H and O–H groups in total. The summed E-state index contributed by atoms with van der Waals surface area (Å²) in [5, 5.41) is 12.0. The first-order chi connectivity index (χ1) is 9.00. The van der Waals surface area contributed by atoms with E-state index in [1.165, 1.54) is 0 Å². The van der Waals surface area contributed by atoms with E-state index in [1.807, 2.05) is 6.92 Å². The standard InChI is InChI=1S/C13H24N2O4/c1-4-10-9-19-8-7-15(10)12(18)14-13(5-2,6-3)11(16)17/h10H,4-9H2,1-3H3,(H,14,18)(H,16,17). The van der Waals surface area contributed by atoms with Gasteiger partial charge in [0, 0.05) is 6.54 Å². The lowest BCUT2D eigenvalue weighted by Crippen LogP contribution is -2.60. The van der Waals surface area contributed by atoms with Gasteiger partial charge in [0.1, 0.15) is 5.54 Å². The molecule has 1 aliphatic rings. The number of carbonyl (C=O) groups is 2. The molecule has 1 rings (SSSR count). The third kappa shape index (κ3) is 3.37. The number of carboxylic acid groups (broad SMARTS) is 1. The molecule has 2 amide bonds. The molecule has 1 saturated heterocycles. The van der Waals surface area contributed by atoms with Crippen LogP contribution in [-0.2, 0) is 9.53 Å². The maximum Gasteiger partial charge on any atom is 0.329 e. The third-order valence-corrected chi connectivity index (χ3v) is 3.92. The van der Waals surface area contributed by atoms with Crippen molar-refractivity contribution in [2.24, 2.45) is 0 Å². The molecule has 0 aromatic carbocycles. The molecule has 1 fully saturated rings. The topological polar surface area (TPSA) is 78.9 Å². The lowest BCUT2D eigenvalue weighted by molar-refractivity contribution is -0.144. The predicted molar refractivity (Wildman–Crippen MR) is 71.1 cm³/mol. The number of carboxylic acids is 1. The minimum Gasteiger partial charge on any atom is -0.480 e. The summed E-state index contributed by atoms with van der Waals surface area (Å²) >= 11 is 0. The smallest absolute Gasteiger partial charge is 0.329 e. The van der Waals surface area contributed by atoms with Gasteiger partial charge < -0.3 is 20.1 Å². The van der Waals surface area contributed by atoms with Crippen molar-refractivity contribution < 1.29 is 19.4 Å². The molecule has 6 heteroatoms. The van der Waals surface area contributed by atoms with Crippen LogP contribution in [0.1, 0.15) is 40.0 Å². The van der Waals surface area contributed by atoms with Gasteiger partial charge in [-0.05, 0) is 19.3 Å². The molecule has 6 nitrogen and oxygen atoms in total. The molecular formula is C13H24N2O4. The van der Waals surface area contributed by atoms with Gasteiger partial charge in [-0.1, -0.05) is 20.8 Å². The Labute approximate surface area is 114 Å². The molecule has 0 spiro atoms. The van der Waals surface area contributed by atoms with Gasteiger partial charge in [-0.25, -0.2) is 9.59 Å². The van der Waals surface area contributed by atoms with Crippen LogP contribution in [0.3, 0.4) is 0 Å². The fourth-order valence-electron chi connectivity index (χ4n) is 2.32. The highest BCUT2D eigenvalue weighted by Gasteiger charge is 2.39. The van der Waals surface area contributed by atoms with Gasteiger partial charge in [0.05, 0.1) is 19.3 Å². The first-order valence-corrected chi connectivity index (χ1v) is 6.90. The molecular weight excluding hydrogens is 248 g/mol. The van der Waals surface area contributed by atoms with E-state index in [0.29, 0.717) is 32.6 Å². The van der Waals surface area contributed by atoms with Crippen molar-refractivity contribution >= 4 is 12.0 Å². The molecule has 1 unspecified atom stereocenters. The largest absolute Gasteiger partial charge is 0.480 e. The average molecular weight is 272 g/mol. The van der Waals surface area contributed by atoms with Crippen LogP contribution < -0.4 is 5.32 Å². The van der Waals surface area contributed by atoms with Gasteiger partial charge in [-0.15, -0.1) is 0 Å². The highest BCUT2D eigenvalue weighted by Crippen LogP contribution is 2.18. The minimum absolute atomic E-state index is 0.0222. The Bertz CT molecular complexity index is 329.